The van der Waals surface area contributed by atoms with Crippen LogP contribution in [0.1, 0.15) is 72.1 Å². The van der Waals surface area contributed by atoms with Crippen molar-refractivity contribution in [2.75, 3.05) is 0 Å². The quantitative estimate of drug-likeness (QED) is 0.441. The van der Waals surface area contributed by atoms with Crippen LogP contribution in [-0.4, -0.2) is 17.4 Å². The van der Waals surface area contributed by atoms with Gasteiger partial charge in [-0.1, -0.05) is 46.5 Å². The zero-order valence-corrected chi connectivity index (χ0v) is 11.6. The molecular weight excluding hydrogens is 216 g/mol. The van der Waals surface area contributed by atoms with Crippen LogP contribution in [0, 0.1) is 5.92 Å². The van der Waals surface area contributed by atoms with E-state index >= 15 is 0 Å². The third-order valence-electron chi connectivity index (χ3n) is 3.32. The lowest BCUT2D eigenvalue weighted by atomic mass is 9.90. The van der Waals surface area contributed by atoms with Gasteiger partial charge in [0.2, 0.25) is 0 Å². The maximum absolute atomic E-state index is 10.7. The topological polar surface area (TPSA) is 46.5 Å². The fraction of sp³-hybridized carbons (Fsp3) is 0.929. The molecule has 0 aliphatic rings. The van der Waals surface area contributed by atoms with Crippen molar-refractivity contribution >= 4 is 6.16 Å². The fourth-order valence-electron chi connectivity index (χ4n) is 2.24. The van der Waals surface area contributed by atoms with Gasteiger partial charge < -0.3 is 9.84 Å². The van der Waals surface area contributed by atoms with Crippen molar-refractivity contribution in [2.45, 2.75) is 78.2 Å². The van der Waals surface area contributed by atoms with E-state index in [0.717, 1.165) is 51.4 Å². The van der Waals surface area contributed by atoms with E-state index in [1.165, 1.54) is 0 Å². The maximum Gasteiger partial charge on any atom is 0.506 e. The molecule has 0 amide bonds. The van der Waals surface area contributed by atoms with E-state index in [1.54, 1.807) is 0 Å². The summed E-state index contributed by atoms with van der Waals surface area (Å²) in [6.45, 7) is 6.44. The first kappa shape index (κ1) is 16.3. The molecule has 0 saturated heterocycles. The summed E-state index contributed by atoms with van der Waals surface area (Å²) in [5.41, 5.74) is 0. The van der Waals surface area contributed by atoms with Gasteiger partial charge in [-0.3, -0.25) is 0 Å². The molecule has 0 rings (SSSR count). The van der Waals surface area contributed by atoms with Crippen molar-refractivity contribution in [3.63, 3.8) is 0 Å². The van der Waals surface area contributed by atoms with Crippen LogP contribution >= 0.6 is 0 Å². The molecule has 0 aromatic rings. The van der Waals surface area contributed by atoms with E-state index < -0.39 is 6.16 Å². The monoisotopic (exact) mass is 244 g/mol. The SMILES string of the molecule is CCCCCC(OC(=O)O)C(CC)CCCC. The number of hydrogen-bond acceptors (Lipinski definition) is 2. The zero-order valence-electron chi connectivity index (χ0n) is 11.6. The number of hydrogen-bond donors (Lipinski definition) is 1. The van der Waals surface area contributed by atoms with Crippen LogP contribution in [0.3, 0.4) is 0 Å². The number of carboxylic acid groups (broad SMARTS) is 1. The molecular formula is C14H28O3. The second-order valence-electron chi connectivity index (χ2n) is 4.73. The van der Waals surface area contributed by atoms with Gasteiger partial charge in [-0.2, -0.15) is 0 Å². The fourth-order valence-corrected chi connectivity index (χ4v) is 2.24. The highest BCUT2D eigenvalue weighted by Gasteiger charge is 2.22. The van der Waals surface area contributed by atoms with E-state index in [4.69, 9.17) is 9.84 Å². The summed E-state index contributed by atoms with van der Waals surface area (Å²) in [5, 5.41) is 8.79. The minimum atomic E-state index is -1.12. The molecule has 0 saturated carbocycles. The van der Waals surface area contributed by atoms with Crippen LogP contribution in [0.4, 0.5) is 4.79 Å². The van der Waals surface area contributed by atoms with E-state index in [2.05, 4.69) is 20.8 Å². The number of rotatable bonds is 10. The first-order valence-electron chi connectivity index (χ1n) is 7.05. The molecule has 0 aromatic carbocycles. The summed E-state index contributed by atoms with van der Waals surface area (Å²) in [7, 11) is 0. The predicted octanol–water partition coefficient (Wildman–Crippen LogP) is 4.85. The lowest BCUT2D eigenvalue weighted by molar-refractivity contribution is 0.0155. The Balaban J connectivity index is 4.23. The summed E-state index contributed by atoms with van der Waals surface area (Å²) >= 11 is 0. The smallest absolute Gasteiger partial charge is 0.450 e. The second-order valence-corrected chi connectivity index (χ2v) is 4.73. The van der Waals surface area contributed by atoms with Crippen molar-refractivity contribution in [1.82, 2.24) is 0 Å². The van der Waals surface area contributed by atoms with Crippen molar-refractivity contribution in [3.05, 3.63) is 0 Å². The molecule has 0 aromatic heterocycles. The Kier molecular flexibility index (Phi) is 9.98. The van der Waals surface area contributed by atoms with Crippen molar-refractivity contribution in [3.8, 4) is 0 Å². The summed E-state index contributed by atoms with van der Waals surface area (Å²) in [6, 6.07) is 0. The molecule has 2 unspecified atom stereocenters. The lowest BCUT2D eigenvalue weighted by Crippen LogP contribution is -2.26. The summed E-state index contributed by atoms with van der Waals surface area (Å²) < 4.78 is 5.06. The number of carbonyl (C=O) groups is 1. The molecule has 0 bridgehead atoms. The molecule has 3 heteroatoms. The minimum absolute atomic E-state index is 0.101. The van der Waals surface area contributed by atoms with E-state index in [9.17, 15) is 4.79 Å². The molecule has 3 nitrogen and oxygen atoms in total. The van der Waals surface area contributed by atoms with Crippen molar-refractivity contribution in [2.24, 2.45) is 5.92 Å². The summed E-state index contributed by atoms with van der Waals surface area (Å²) in [4.78, 5) is 10.7. The van der Waals surface area contributed by atoms with E-state index in [0.29, 0.717) is 5.92 Å². The molecule has 0 heterocycles. The second kappa shape index (κ2) is 10.4. The van der Waals surface area contributed by atoms with Gasteiger partial charge in [0.15, 0.2) is 0 Å². The van der Waals surface area contributed by atoms with Gasteiger partial charge in [0.25, 0.3) is 0 Å². The van der Waals surface area contributed by atoms with Crippen LogP contribution < -0.4 is 0 Å². The van der Waals surface area contributed by atoms with Gasteiger partial charge in [-0.25, -0.2) is 4.79 Å². The first-order chi connectivity index (χ1) is 8.15. The highest BCUT2D eigenvalue weighted by molar-refractivity contribution is 5.57. The van der Waals surface area contributed by atoms with Crippen LogP contribution in [0.5, 0.6) is 0 Å². The molecule has 0 aliphatic heterocycles. The van der Waals surface area contributed by atoms with E-state index in [-0.39, 0.29) is 6.10 Å². The molecule has 0 aliphatic carbocycles. The largest absolute Gasteiger partial charge is 0.506 e. The van der Waals surface area contributed by atoms with Gasteiger partial charge in [0.05, 0.1) is 0 Å². The Bertz CT molecular complexity index is 192. The van der Waals surface area contributed by atoms with Crippen LogP contribution in [0.25, 0.3) is 0 Å². The van der Waals surface area contributed by atoms with Gasteiger partial charge in [-0.05, 0) is 31.6 Å². The Morgan fingerprint density at radius 1 is 1.06 bits per heavy atom. The lowest BCUT2D eigenvalue weighted by Gasteiger charge is -2.25. The Morgan fingerprint density at radius 3 is 2.18 bits per heavy atom. The number of unbranched alkanes of at least 4 members (excludes halogenated alkanes) is 3. The van der Waals surface area contributed by atoms with E-state index in [1.807, 2.05) is 0 Å². The predicted molar refractivity (Wildman–Crippen MR) is 70.3 cm³/mol. The number of ether oxygens (including phenoxy) is 1. The highest BCUT2D eigenvalue weighted by Crippen LogP contribution is 2.24. The van der Waals surface area contributed by atoms with Crippen molar-refractivity contribution < 1.29 is 14.6 Å². The average Bonchev–Trinajstić information content (AvgIpc) is 2.29. The maximum atomic E-state index is 10.7. The molecule has 102 valence electrons. The summed E-state index contributed by atoms with van der Waals surface area (Å²) in [6.07, 6.45) is 7.43. The normalized spacial score (nSPS) is 14.3. The average molecular weight is 244 g/mol. The van der Waals surface area contributed by atoms with Gasteiger partial charge in [0, 0.05) is 0 Å². The van der Waals surface area contributed by atoms with Crippen molar-refractivity contribution in [1.29, 1.82) is 0 Å². The van der Waals surface area contributed by atoms with Gasteiger partial charge in [0.1, 0.15) is 6.10 Å². The molecule has 1 N–H and O–H groups in total. The molecule has 2 atom stereocenters. The standard InChI is InChI=1S/C14H28O3/c1-4-7-9-11-13(17-14(15)16)12(6-3)10-8-5-2/h12-13H,4-11H2,1-3H3,(H,15,16). The third-order valence-corrected chi connectivity index (χ3v) is 3.32. The molecule has 17 heavy (non-hydrogen) atoms. The van der Waals surface area contributed by atoms with Crippen LogP contribution in [0.2, 0.25) is 0 Å². The van der Waals surface area contributed by atoms with Crippen LogP contribution in [-0.2, 0) is 4.74 Å². The third kappa shape index (κ3) is 8.06. The van der Waals surface area contributed by atoms with Gasteiger partial charge in [-0.15, -0.1) is 0 Å². The van der Waals surface area contributed by atoms with Gasteiger partial charge >= 0.3 is 6.16 Å². The molecule has 0 spiro atoms. The minimum Gasteiger partial charge on any atom is -0.450 e. The molecule has 0 fully saturated rings. The molecule has 0 radical (unpaired) electrons. The Labute approximate surface area is 106 Å². The van der Waals surface area contributed by atoms with Crippen LogP contribution in [0.15, 0.2) is 0 Å². The first-order valence-corrected chi connectivity index (χ1v) is 7.05. The zero-order chi connectivity index (χ0) is 13.1. The Hall–Kier alpha value is -0.730. The Morgan fingerprint density at radius 2 is 1.71 bits per heavy atom. The summed E-state index contributed by atoms with van der Waals surface area (Å²) in [5.74, 6) is 0.392. The highest BCUT2D eigenvalue weighted by atomic mass is 16.7.